The standard InChI is InChI=1S/C26H26F3N3O3/c27-26(28,29)20-4-1-3-19(15-20)22(16-32-14-2-5-24(32)34)31-23(33)13-8-17-6-9-18(10-7-17)25(35)30-21-11-12-21/h1,3-4,6-10,13,15,21-22H,2,5,11-12,14,16H2,(H,30,35)(H,31,33)/b13-8+. The van der Waals surface area contributed by atoms with Crippen LogP contribution in [-0.4, -0.2) is 41.8 Å². The van der Waals surface area contributed by atoms with E-state index in [0.29, 0.717) is 30.5 Å². The van der Waals surface area contributed by atoms with Crippen molar-refractivity contribution in [1.29, 1.82) is 0 Å². The van der Waals surface area contributed by atoms with E-state index in [0.717, 1.165) is 25.0 Å². The number of hydrogen-bond acceptors (Lipinski definition) is 3. The molecule has 3 amide bonds. The van der Waals surface area contributed by atoms with Gasteiger partial charge in [0.15, 0.2) is 0 Å². The second kappa shape index (κ2) is 10.3. The van der Waals surface area contributed by atoms with Gasteiger partial charge in [-0.3, -0.25) is 14.4 Å². The van der Waals surface area contributed by atoms with E-state index in [1.807, 2.05) is 0 Å². The molecular formula is C26H26F3N3O3. The van der Waals surface area contributed by atoms with Crippen molar-refractivity contribution in [3.8, 4) is 0 Å². The lowest BCUT2D eigenvalue weighted by Gasteiger charge is -2.25. The molecule has 0 aromatic heterocycles. The Hall–Kier alpha value is -3.62. The van der Waals surface area contributed by atoms with Crippen LogP contribution >= 0.6 is 0 Å². The summed E-state index contributed by atoms with van der Waals surface area (Å²) in [6.45, 7) is 0.588. The van der Waals surface area contributed by atoms with E-state index < -0.39 is 23.7 Å². The maximum absolute atomic E-state index is 13.2. The van der Waals surface area contributed by atoms with Gasteiger partial charge in [-0.25, -0.2) is 0 Å². The highest BCUT2D eigenvalue weighted by atomic mass is 19.4. The van der Waals surface area contributed by atoms with E-state index in [1.54, 1.807) is 35.2 Å². The summed E-state index contributed by atoms with van der Waals surface area (Å²) in [5.41, 5.74) is 0.669. The van der Waals surface area contributed by atoms with Crippen LogP contribution in [0.1, 0.15) is 58.8 Å². The van der Waals surface area contributed by atoms with Gasteiger partial charge >= 0.3 is 6.18 Å². The van der Waals surface area contributed by atoms with Crippen molar-refractivity contribution in [3.05, 3.63) is 76.9 Å². The number of amides is 3. The van der Waals surface area contributed by atoms with Crippen LogP contribution in [0.3, 0.4) is 0 Å². The molecule has 0 spiro atoms. The Bertz CT molecular complexity index is 1120. The smallest absolute Gasteiger partial charge is 0.349 e. The van der Waals surface area contributed by atoms with Crippen LogP contribution in [0.4, 0.5) is 13.2 Å². The molecule has 2 aromatic rings. The molecule has 0 radical (unpaired) electrons. The number of nitrogens with zero attached hydrogens (tertiary/aromatic N) is 1. The molecule has 184 valence electrons. The van der Waals surface area contributed by atoms with Crippen LogP contribution < -0.4 is 10.6 Å². The highest BCUT2D eigenvalue weighted by Gasteiger charge is 2.32. The molecule has 1 aliphatic carbocycles. The molecule has 1 aliphatic heterocycles. The lowest BCUT2D eigenvalue weighted by Crippen LogP contribution is -2.38. The molecular weight excluding hydrogens is 459 g/mol. The topological polar surface area (TPSA) is 78.5 Å². The number of halogens is 3. The van der Waals surface area contributed by atoms with Gasteiger partial charge in [-0.2, -0.15) is 13.2 Å². The van der Waals surface area contributed by atoms with E-state index in [9.17, 15) is 27.6 Å². The van der Waals surface area contributed by atoms with Gasteiger partial charge in [-0.05, 0) is 60.7 Å². The lowest BCUT2D eigenvalue weighted by molar-refractivity contribution is -0.137. The van der Waals surface area contributed by atoms with Crippen molar-refractivity contribution in [2.75, 3.05) is 13.1 Å². The monoisotopic (exact) mass is 485 g/mol. The summed E-state index contributed by atoms with van der Waals surface area (Å²) in [5.74, 6) is -0.728. The molecule has 9 heteroatoms. The van der Waals surface area contributed by atoms with Crippen molar-refractivity contribution in [2.45, 2.75) is 43.9 Å². The van der Waals surface area contributed by atoms with Gasteiger partial charge in [0.2, 0.25) is 11.8 Å². The Morgan fingerprint density at radius 2 is 1.86 bits per heavy atom. The summed E-state index contributed by atoms with van der Waals surface area (Å²) in [6.07, 6.45) is 1.38. The Balaban J connectivity index is 1.45. The van der Waals surface area contributed by atoms with Crippen molar-refractivity contribution >= 4 is 23.8 Å². The number of hydrogen-bond donors (Lipinski definition) is 2. The summed E-state index contributed by atoms with van der Waals surface area (Å²) >= 11 is 0. The van der Waals surface area contributed by atoms with Crippen molar-refractivity contribution < 1.29 is 27.6 Å². The maximum atomic E-state index is 13.2. The Labute approximate surface area is 201 Å². The van der Waals surface area contributed by atoms with E-state index in [2.05, 4.69) is 10.6 Å². The third-order valence-corrected chi connectivity index (χ3v) is 6.02. The predicted molar refractivity (Wildman–Crippen MR) is 124 cm³/mol. The maximum Gasteiger partial charge on any atom is 0.416 e. The number of likely N-dealkylation sites (tertiary alicyclic amines) is 1. The van der Waals surface area contributed by atoms with Gasteiger partial charge in [0, 0.05) is 37.2 Å². The fourth-order valence-electron chi connectivity index (χ4n) is 3.92. The lowest BCUT2D eigenvalue weighted by atomic mass is 10.0. The van der Waals surface area contributed by atoms with E-state index in [1.165, 1.54) is 18.2 Å². The SMILES string of the molecule is O=C(/C=C/c1ccc(C(=O)NC2CC2)cc1)NC(CN1CCCC1=O)c1cccc(C(F)(F)F)c1. The van der Waals surface area contributed by atoms with Gasteiger partial charge in [0.25, 0.3) is 5.91 Å². The fraction of sp³-hybridized carbons (Fsp3) is 0.346. The molecule has 1 atom stereocenters. The molecule has 1 unspecified atom stereocenters. The first-order valence-corrected chi connectivity index (χ1v) is 11.5. The largest absolute Gasteiger partial charge is 0.416 e. The van der Waals surface area contributed by atoms with Crippen LogP contribution in [0.15, 0.2) is 54.6 Å². The number of alkyl halides is 3. The van der Waals surface area contributed by atoms with Crippen LogP contribution in [-0.2, 0) is 15.8 Å². The normalized spacial score (nSPS) is 17.0. The van der Waals surface area contributed by atoms with E-state index >= 15 is 0 Å². The zero-order valence-electron chi connectivity index (χ0n) is 19.0. The first-order chi connectivity index (χ1) is 16.7. The minimum atomic E-state index is -4.52. The van der Waals surface area contributed by atoms with Crippen LogP contribution in [0.2, 0.25) is 0 Å². The minimum absolute atomic E-state index is 0.0856. The molecule has 2 fully saturated rings. The summed E-state index contributed by atoms with van der Waals surface area (Å²) in [7, 11) is 0. The molecule has 4 rings (SSSR count). The number of benzene rings is 2. The number of rotatable bonds is 8. The average Bonchev–Trinajstić information content (AvgIpc) is 3.56. The predicted octanol–water partition coefficient (Wildman–Crippen LogP) is 4.09. The molecule has 1 saturated carbocycles. The molecule has 2 aliphatic rings. The summed E-state index contributed by atoms with van der Waals surface area (Å²) < 4.78 is 39.7. The summed E-state index contributed by atoms with van der Waals surface area (Å²) in [4.78, 5) is 38.4. The van der Waals surface area contributed by atoms with Crippen molar-refractivity contribution in [2.24, 2.45) is 0 Å². The zero-order valence-corrected chi connectivity index (χ0v) is 19.0. The van der Waals surface area contributed by atoms with E-state index in [4.69, 9.17) is 0 Å². The average molecular weight is 486 g/mol. The first kappa shape index (κ1) is 24.5. The molecule has 35 heavy (non-hydrogen) atoms. The Morgan fingerprint density at radius 1 is 1.11 bits per heavy atom. The molecule has 2 aromatic carbocycles. The molecule has 1 saturated heterocycles. The second-order valence-electron chi connectivity index (χ2n) is 8.83. The number of nitrogens with one attached hydrogen (secondary N) is 2. The number of carbonyl (C=O) groups excluding carboxylic acids is 3. The Kier molecular flexibility index (Phi) is 7.23. The molecule has 1 heterocycles. The molecule has 0 bridgehead atoms. The quantitative estimate of drug-likeness (QED) is 0.553. The zero-order chi connectivity index (χ0) is 25.0. The first-order valence-electron chi connectivity index (χ1n) is 11.5. The summed E-state index contributed by atoms with van der Waals surface area (Å²) in [5, 5.41) is 5.64. The van der Waals surface area contributed by atoms with Crippen LogP contribution in [0, 0.1) is 0 Å². The van der Waals surface area contributed by atoms with Gasteiger partial charge in [-0.15, -0.1) is 0 Å². The van der Waals surface area contributed by atoms with Crippen molar-refractivity contribution in [1.82, 2.24) is 15.5 Å². The third kappa shape index (κ3) is 6.71. The molecule has 6 nitrogen and oxygen atoms in total. The van der Waals surface area contributed by atoms with Crippen molar-refractivity contribution in [3.63, 3.8) is 0 Å². The highest BCUT2D eigenvalue weighted by Crippen LogP contribution is 2.31. The van der Waals surface area contributed by atoms with Gasteiger partial charge < -0.3 is 15.5 Å². The van der Waals surface area contributed by atoms with Gasteiger partial charge in [-0.1, -0.05) is 24.3 Å². The fourth-order valence-corrected chi connectivity index (χ4v) is 3.92. The molecule has 2 N–H and O–H groups in total. The summed E-state index contributed by atoms with van der Waals surface area (Å²) in [6, 6.07) is 11.0. The third-order valence-electron chi connectivity index (χ3n) is 6.02. The minimum Gasteiger partial charge on any atom is -0.349 e. The highest BCUT2D eigenvalue weighted by molar-refractivity contribution is 5.95. The van der Waals surface area contributed by atoms with Gasteiger partial charge in [0.05, 0.1) is 11.6 Å². The van der Waals surface area contributed by atoms with Gasteiger partial charge in [0.1, 0.15) is 0 Å². The van der Waals surface area contributed by atoms with E-state index in [-0.39, 0.29) is 30.0 Å². The number of carbonyl (C=O) groups is 3. The van der Waals surface area contributed by atoms with Crippen LogP contribution in [0.25, 0.3) is 6.08 Å². The van der Waals surface area contributed by atoms with Crippen LogP contribution in [0.5, 0.6) is 0 Å². The Morgan fingerprint density at radius 3 is 2.49 bits per heavy atom. The second-order valence-corrected chi connectivity index (χ2v) is 8.83.